The summed E-state index contributed by atoms with van der Waals surface area (Å²) in [6.07, 6.45) is 13.9. The van der Waals surface area contributed by atoms with E-state index in [1.54, 1.807) is 43.9 Å². The maximum Gasteiger partial charge on any atom is 0.309 e. The highest BCUT2D eigenvalue weighted by molar-refractivity contribution is 7.93. The minimum atomic E-state index is -4.22. The summed E-state index contributed by atoms with van der Waals surface area (Å²) in [4.78, 5) is 27.8. The number of likely N-dealkylation sites (tertiary alicyclic amines) is 1. The molecule has 1 saturated heterocycles. The molecule has 13 nitrogen and oxygen atoms in total. The minimum Gasteiger partial charge on any atom is -0.487 e. The molecular weight excluding hydrogens is 719 g/mol. The number of rotatable bonds is 12. The van der Waals surface area contributed by atoms with Crippen molar-refractivity contribution >= 4 is 37.9 Å². The number of benzene rings is 1. The van der Waals surface area contributed by atoms with Crippen molar-refractivity contribution in [3.63, 3.8) is 0 Å². The summed E-state index contributed by atoms with van der Waals surface area (Å²) in [6, 6.07) is -1.16. The highest BCUT2D eigenvalue weighted by atomic mass is 32.2. The average molecular weight is 772 g/mol. The zero-order valence-electron chi connectivity index (χ0n) is 31.5. The molecule has 4 rings (SSSR count). The van der Waals surface area contributed by atoms with Crippen molar-refractivity contribution in [1.29, 1.82) is 0 Å². The molecule has 15 heteroatoms. The number of hydrogen-bond donors (Lipinski definition) is 3. The van der Waals surface area contributed by atoms with E-state index < -0.39 is 37.6 Å². The summed E-state index contributed by atoms with van der Waals surface area (Å²) in [5, 5.41) is 2.81. The van der Waals surface area contributed by atoms with Crippen molar-refractivity contribution in [2.75, 3.05) is 26.2 Å². The Morgan fingerprint density at radius 3 is 2.45 bits per heavy atom. The summed E-state index contributed by atoms with van der Waals surface area (Å²) in [7, 11) is -8.42. The number of guanidine groups is 1. The van der Waals surface area contributed by atoms with Crippen LogP contribution in [0.3, 0.4) is 0 Å². The van der Waals surface area contributed by atoms with Crippen LogP contribution in [0, 0.1) is 26.7 Å². The number of fused-ring (bicyclic) bond motifs is 1. The van der Waals surface area contributed by atoms with Crippen molar-refractivity contribution in [2.24, 2.45) is 16.0 Å². The summed E-state index contributed by atoms with van der Waals surface area (Å²) in [6.45, 7) is 15.7. The lowest BCUT2D eigenvalue weighted by molar-refractivity contribution is -0.151. The third kappa shape index (κ3) is 10.5. The smallest absolute Gasteiger partial charge is 0.309 e. The van der Waals surface area contributed by atoms with Crippen LogP contribution in [0.2, 0.25) is 0 Å². The SMILES string of the molecule is C=C1/C=C\C=C/C/C=C\C(S(=O)(=O)N[C@@H](CCCN/C(N)=N/S(=O)(=O)c2c(C)c(C)c3c(c2C)CC(C)(C)O3)C(=O)N2CCC(C(=O)OCC)CC2)=C/1. The molecule has 1 atom stereocenters. The fraction of sp³-hybridized carbons (Fsp3) is 0.500. The van der Waals surface area contributed by atoms with Crippen molar-refractivity contribution in [3.8, 4) is 5.75 Å². The summed E-state index contributed by atoms with van der Waals surface area (Å²) in [5.74, 6) is -0.708. The van der Waals surface area contributed by atoms with E-state index in [1.807, 2.05) is 32.9 Å². The number of sulfonamides is 2. The molecule has 1 amide bonds. The number of amides is 1. The standard InChI is InChI=1S/C38H53N5O8S2/c1-8-50-36(45)29-18-21-43(22-19-29)35(44)32(41-52(46,47)30-16-13-11-9-10-12-15-25(2)23-30)17-14-20-40-37(39)42-53(48,49)34-27(4)26(3)33-31(28(34)5)24-38(6,7)51-33/h9-10,12-13,15-16,23,29,32,41H,2,8,11,14,17-22,24H2,1,3-7H3,(H3,39,40,42)/b10-9-,15-12-,16-13-,30-23+/t32-/m0/s1. The number of esters is 1. The van der Waals surface area contributed by atoms with Gasteiger partial charge in [0.15, 0.2) is 0 Å². The van der Waals surface area contributed by atoms with Gasteiger partial charge in [0.05, 0.1) is 22.3 Å². The average Bonchev–Trinajstić information content (AvgIpc) is 3.43. The molecule has 0 bridgehead atoms. The first-order valence-electron chi connectivity index (χ1n) is 17.9. The van der Waals surface area contributed by atoms with Crippen LogP contribution in [-0.2, 0) is 40.8 Å². The number of ether oxygens (including phenoxy) is 2. The highest BCUT2D eigenvalue weighted by Crippen LogP contribution is 2.44. The number of nitrogens with zero attached hydrogens (tertiary/aromatic N) is 2. The second-order valence-corrected chi connectivity index (χ2v) is 17.4. The van der Waals surface area contributed by atoms with E-state index >= 15 is 0 Å². The van der Waals surface area contributed by atoms with Crippen LogP contribution in [0.5, 0.6) is 5.75 Å². The first kappa shape index (κ1) is 41.5. The van der Waals surface area contributed by atoms with Crippen LogP contribution in [0.25, 0.3) is 0 Å². The molecule has 0 radical (unpaired) electrons. The van der Waals surface area contributed by atoms with Gasteiger partial charge < -0.3 is 25.4 Å². The Kier molecular flexibility index (Phi) is 13.6. The van der Waals surface area contributed by atoms with Crippen LogP contribution in [0.15, 0.2) is 68.9 Å². The molecule has 3 aliphatic rings. The largest absolute Gasteiger partial charge is 0.487 e. The van der Waals surface area contributed by atoms with Crippen LogP contribution < -0.4 is 20.5 Å². The molecule has 4 N–H and O–H groups in total. The van der Waals surface area contributed by atoms with Gasteiger partial charge in [0, 0.05) is 31.6 Å². The predicted molar refractivity (Wildman–Crippen MR) is 206 cm³/mol. The third-order valence-electron chi connectivity index (χ3n) is 9.52. The first-order chi connectivity index (χ1) is 24.9. The lowest BCUT2D eigenvalue weighted by atomic mass is 9.94. The number of nitrogens with one attached hydrogen (secondary N) is 2. The zero-order valence-corrected chi connectivity index (χ0v) is 33.2. The van der Waals surface area contributed by atoms with Crippen molar-refractivity contribution in [2.45, 2.75) is 96.6 Å². The summed E-state index contributed by atoms with van der Waals surface area (Å²) in [5.41, 5.74) is 8.74. The van der Waals surface area contributed by atoms with E-state index in [0.29, 0.717) is 48.1 Å². The molecule has 0 saturated carbocycles. The lowest BCUT2D eigenvalue weighted by Gasteiger charge is -2.33. The molecule has 2 aliphatic heterocycles. The topological polar surface area (TPSA) is 187 Å². The Bertz CT molecular complexity index is 1970. The van der Waals surface area contributed by atoms with Gasteiger partial charge in [-0.2, -0.15) is 13.1 Å². The number of hydrogen-bond acceptors (Lipinski definition) is 8. The molecule has 1 aromatic rings. The quantitative estimate of drug-likeness (QED) is 0.120. The summed E-state index contributed by atoms with van der Waals surface area (Å²) < 4.78 is 72.4. The van der Waals surface area contributed by atoms with Crippen LogP contribution >= 0.6 is 0 Å². The van der Waals surface area contributed by atoms with Crippen LogP contribution in [0.4, 0.5) is 0 Å². The molecule has 0 unspecified atom stereocenters. The lowest BCUT2D eigenvalue weighted by Crippen LogP contribution is -2.51. The van der Waals surface area contributed by atoms with Crippen molar-refractivity contribution in [3.05, 3.63) is 81.8 Å². The minimum absolute atomic E-state index is 0.0523. The van der Waals surface area contributed by atoms with E-state index in [9.17, 15) is 26.4 Å². The molecule has 1 fully saturated rings. The zero-order chi connectivity index (χ0) is 39.1. The highest BCUT2D eigenvalue weighted by Gasteiger charge is 2.37. The van der Waals surface area contributed by atoms with Gasteiger partial charge in [-0.3, -0.25) is 9.59 Å². The molecule has 1 aliphatic carbocycles. The fourth-order valence-corrected chi connectivity index (χ4v) is 9.49. The Balaban J connectivity index is 1.50. The van der Waals surface area contributed by atoms with Crippen molar-refractivity contribution < 1.29 is 35.9 Å². The van der Waals surface area contributed by atoms with E-state index in [2.05, 4.69) is 21.0 Å². The fourth-order valence-electron chi connectivity index (χ4n) is 6.71. The molecule has 53 heavy (non-hydrogen) atoms. The summed E-state index contributed by atoms with van der Waals surface area (Å²) >= 11 is 0. The number of carbonyl (C=O) groups is 2. The van der Waals surface area contributed by atoms with Gasteiger partial charge in [-0.1, -0.05) is 37.0 Å². The monoisotopic (exact) mass is 771 g/mol. The Labute approximate surface area is 314 Å². The first-order valence-corrected chi connectivity index (χ1v) is 20.8. The molecule has 2 heterocycles. The van der Waals surface area contributed by atoms with Gasteiger partial charge in [0.2, 0.25) is 21.9 Å². The number of piperidine rings is 1. The second kappa shape index (κ2) is 17.3. The van der Waals surface area contributed by atoms with E-state index in [1.165, 1.54) is 12.2 Å². The molecule has 1 aromatic carbocycles. The van der Waals surface area contributed by atoms with E-state index in [0.717, 1.165) is 11.1 Å². The Morgan fingerprint density at radius 2 is 1.77 bits per heavy atom. The third-order valence-corrected chi connectivity index (χ3v) is 12.6. The number of nitrogens with two attached hydrogens (primary N) is 1. The van der Waals surface area contributed by atoms with E-state index in [-0.39, 0.29) is 66.7 Å². The predicted octanol–water partition coefficient (Wildman–Crippen LogP) is 4.30. The normalized spacial score (nSPS) is 21.4. The van der Waals surface area contributed by atoms with Gasteiger partial charge >= 0.3 is 5.97 Å². The molecule has 0 aromatic heterocycles. The molecule has 0 spiro atoms. The van der Waals surface area contributed by atoms with Crippen LogP contribution in [-0.4, -0.2) is 77.5 Å². The number of allylic oxidation sites excluding steroid dienone is 8. The van der Waals surface area contributed by atoms with Gasteiger partial charge in [-0.15, -0.1) is 4.40 Å². The second-order valence-electron chi connectivity index (χ2n) is 14.1. The maximum atomic E-state index is 13.9. The Hall–Kier alpha value is -4.21. The number of carbonyl (C=O) groups excluding carboxylic acids is 2. The molecule has 290 valence electrons. The Morgan fingerprint density at radius 1 is 1.08 bits per heavy atom. The maximum absolute atomic E-state index is 13.9. The van der Waals surface area contributed by atoms with Gasteiger partial charge in [0.1, 0.15) is 17.4 Å². The van der Waals surface area contributed by atoms with Crippen LogP contribution in [0.1, 0.15) is 75.1 Å². The van der Waals surface area contributed by atoms with Crippen molar-refractivity contribution in [1.82, 2.24) is 14.9 Å². The van der Waals surface area contributed by atoms with Gasteiger partial charge in [0.25, 0.3) is 10.0 Å². The van der Waals surface area contributed by atoms with Gasteiger partial charge in [-0.05, 0) is 108 Å². The molecular formula is C38H53N5O8S2. The van der Waals surface area contributed by atoms with Gasteiger partial charge in [-0.25, -0.2) is 8.42 Å². The van der Waals surface area contributed by atoms with E-state index in [4.69, 9.17) is 15.2 Å².